The van der Waals surface area contributed by atoms with Gasteiger partial charge in [0, 0.05) is 6.42 Å². The minimum absolute atomic E-state index is 0.256. The van der Waals surface area contributed by atoms with Crippen molar-refractivity contribution in [1.82, 2.24) is 5.32 Å². The van der Waals surface area contributed by atoms with E-state index in [4.69, 9.17) is 18.9 Å². The highest BCUT2D eigenvalue weighted by Gasteiger charge is 2.51. The van der Waals surface area contributed by atoms with Gasteiger partial charge in [0.05, 0.1) is 32.0 Å². The van der Waals surface area contributed by atoms with E-state index >= 15 is 0 Å². The maximum absolute atomic E-state index is 13.3. The van der Waals surface area contributed by atoms with Crippen LogP contribution in [0.25, 0.3) is 0 Å². The predicted octanol–water partition coefficient (Wildman–Crippen LogP) is 14.7. The summed E-state index contributed by atoms with van der Waals surface area (Å²) < 4.78 is 22.8. The molecule has 2 aliphatic heterocycles. The predicted molar refractivity (Wildman–Crippen MR) is 368 cm³/mol. The molecule has 2 saturated heterocycles. The second-order valence-corrected chi connectivity index (χ2v) is 24.3. The molecule has 0 aliphatic carbocycles. The van der Waals surface area contributed by atoms with Crippen LogP contribution in [0, 0.1) is 0 Å². The molecule has 0 bridgehead atoms. The van der Waals surface area contributed by atoms with Crippen molar-refractivity contribution >= 4 is 5.91 Å². The highest BCUT2D eigenvalue weighted by atomic mass is 16.7. The summed E-state index contributed by atoms with van der Waals surface area (Å²) in [6.45, 7) is 2.66. The second-order valence-electron chi connectivity index (χ2n) is 24.3. The molecule has 0 spiro atoms. The second kappa shape index (κ2) is 58.9. The number of allylic oxidation sites excluding steroid dienone is 21. The van der Waals surface area contributed by atoms with Crippen LogP contribution < -0.4 is 5.32 Å². The van der Waals surface area contributed by atoms with Gasteiger partial charge in [-0.05, 0) is 109 Å². The number of unbranched alkanes of at least 4 members (excludes halogenated alkanes) is 23. The Hall–Kier alpha value is -3.87. The van der Waals surface area contributed by atoms with Crippen molar-refractivity contribution in [3.8, 4) is 0 Å². The average molecular weight is 1260 g/mol. The Morgan fingerprint density at radius 2 is 0.778 bits per heavy atom. The van der Waals surface area contributed by atoms with E-state index in [1.807, 2.05) is 6.08 Å². The molecule has 0 saturated carbocycles. The molecule has 2 heterocycles. The fourth-order valence-corrected chi connectivity index (χ4v) is 10.7. The first-order chi connectivity index (χ1) is 44.1. The average Bonchev–Trinajstić information content (AvgIpc) is 1.28. The van der Waals surface area contributed by atoms with Gasteiger partial charge in [-0.3, -0.25) is 4.79 Å². The van der Waals surface area contributed by atoms with Crippen molar-refractivity contribution in [3.63, 3.8) is 0 Å². The van der Waals surface area contributed by atoms with Crippen LogP contribution in [-0.4, -0.2) is 140 Å². The lowest BCUT2D eigenvalue weighted by molar-refractivity contribution is -0.359. The van der Waals surface area contributed by atoms with Crippen LogP contribution in [0.5, 0.6) is 0 Å². The molecule has 2 aliphatic rings. The van der Waals surface area contributed by atoms with Crippen LogP contribution in [0.1, 0.15) is 245 Å². The van der Waals surface area contributed by atoms with E-state index in [-0.39, 0.29) is 18.9 Å². The number of hydrogen-bond acceptors (Lipinski definition) is 13. The van der Waals surface area contributed by atoms with Crippen LogP contribution in [0.3, 0.4) is 0 Å². The van der Waals surface area contributed by atoms with E-state index in [0.29, 0.717) is 12.8 Å². The van der Waals surface area contributed by atoms with Crippen molar-refractivity contribution in [1.29, 1.82) is 0 Å². The number of ether oxygens (including phenoxy) is 4. The normalized spacial score (nSPS) is 23.8. The first kappa shape index (κ1) is 82.2. The third kappa shape index (κ3) is 42.4. The van der Waals surface area contributed by atoms with Crippen molar-refractivity contribution in [3.05, 3.63) is 134 Å². The lowest BCUT2D eigenvalue weighted by Gasteiger charge is -2.46. The van der Waals surface area contributed by atoms with E-state index in [1.165, 1.54) is 109 Å². The Balaban J connectivity index is 1.69. The van der Waals surface area contributed by atoms with Crippen LogP contribution >= 0.6 is 0 Å². The van der Waals surface area contributed by atoms with Crippen LogP contribution in [0.15, 0.2) is 134 Å². The van der Waals surface area contributed by atoms with E-state index in [9.17, 15) is 45.6 Å². The van der Waals surface area contributed by atoms with Crippen LogP contribution in [0.2, 0.25) is 0 Å². The number of carbonyl (C=O) groups is 1. The van der Waals surface area contributed by atoms with Gasteiger partial charge in [-0.25, -0.2) is 0 Å². The molecule has 14 nitrogen and oxygen atoms in total. The zero-order chi connectivity index (χ0) is 65.2. The lowest BCUT2D eigenvalue weighted by Crippen LogP contribution is -2.65. The first-order valence-corrected chi connectivity index (χ1v) is 35.4. The van der Waals surface area contributed by atoms with Gasteiger partial charge in [-0.15, -0.1) is 0 Å². The zero-order valence-corrected chi connectivity index (χ0v) is 55.8. The minimum Gasteiger partial charge on any atom is -0.394 e. The van der Waals surface area contributed by atoms with E-state index in [2.05, 4.69) is 141 Å². The number of aliphatic hydroxyl groups is 8. The van der Waals surface area contributed by atoms with Gasteiger partial charge in [-0.1, -0.05) is 263 Å². The summed E-state index contributed by atoms with van der Waals surface area (Å²) in [5, 5.41) is 87.4. The lowest BCUT2D eigenvalue weighted by atomic mass is 9.97. The molecule has 2 fully saturated rings. The molecule has 90 heavy (non-hydrogen) atoms. The molecule has 12 atom stereocenters. The van der Waals surface area contributed by atoms with Crippen molar-refractivity contribution in [2.45, 2.75) is 319 Å². The molecule has 9 N–H and O–H groups in total. The molecular weight excluding hydrogens is 1130 g/mol. The smallest absolute Gasteiger partial charge is 0.220 e. The van der Waals surface area contributed by atoms with Gasteiger partial charge in [0.25, 0.3) is 0 Å². The number of rotatable bonds is 56. The molecule has 12 unspecified atom stereocenters. The van der Waals surface area contributed by atoms with Gasteiger partial charge in [0.2, 0.25) is 5.91 Å². The van der Waals surface area contributed by atoms with Gasteiger partial charge in [-0.2, -0.15) is 0 Å². The number of amides is 1. The zero-order valence-electron chi connectivity index (χ0n) is 55.8. The summed E-state index contributed by atoms with van der Waals surface area (Å²) in [6, 6.07) is -0.951. The van der Waals surface area contributed by atoms with Gasteiger partial charge in [0.1, 0.15) is 48.8 Å². The number of nitrogens with one attached hydrogen (secondary N) is 1. The fourth-order valence-electron chi connectivity index (χ4n) is 10.7. The summed E-state index contributed by atoms with van der Waals surface area (Å²) in [7, 11) is 0. The molecular formula is C76H127NO13. The largest absolute Gasteiger partial charge is 0.394 e. The molecule has 1 amide bonds. The van der Waals surface area contributed by atoms with Crippen molar-refractivity contribution in [2.24, 2.45) is 0 Å². The SMILES string of the molecule is CC/C=C\C/C=C\C/C=C\C/C=C\C/C=C\C/C=C\C/C=C\C/C=C\CCCCCCCCCCCCC(=O)NC(COC1OC(CO)C(OC2OC(CO)C(O)C(O)C2O)C(O)C1O)C(O)/C=C/CC/C=C/CC/C=C/CCCCCCCCCCCCC. The number of carbonyl (C=O) groups excluding carboxylic acids is 1. The standard InChI is InChI=1S/C76H127NO13/c1-3-5-7-9-11-13-15-17-19-21-23-25-26-27-28-29-30-31-32-33-34-35-36-37-38-40-42-44-46-48-50-52-54-56-58-60-68(81)77-64(65(80)59-57-55-53-51-49-47-45-43-41-39-24-22-20-18-16-14-12-10-8-6-4-2)63-87-75-73(86)71(84)74(67(62-79)89-75)90-76-72(85)70(83)69(82)66(61-78)88-76/h5,7,11,13,17,19,23,25,27-28,30-31,33-34,36-37,41,43,49,51,57,59,64-67,69-76,78-80,82-86H,3-4,6,8-10,12,14-16,18,20-22,24,26,29,32,35,38-40,42,44-48,50,52-56,58,60-63H2,1-2H3,(H,77,81)/b7-5-,13-11-,19-17-,25-23-,28-27-,31-30-,34-33-,37-36-,43-41+,51-49+,59-57+. The molecule has 0 aromatic rings. The third-order valence-corrected chi connectivity index (χ3v) is 16.3. The third-order valence-electron chi connectivity index (χ3n) is 16.3. The molecule has 0 aromatic heterocycles. The summed E-state index contributed by atoms with van der Waals surface area (Å²) in [6.07, 6.45) is 70.7. The molecule has 14 heteroatoms. The monoisotopic (exact) mass is 1260 g/mol. The topological polar surface area (TPSA) is 228 Å². The molecule has 0 aromatic carbocycles. The summed E-state index contributed by atoms with van der Waals surface area (Å²) >= 11 is 0. The molecule has 514 valence electrons. The summed E-state index contributed by atoms with van der Waals surface area (Å²) in [4.78, 5) is 13.3. The Morgan fingerprint density at radius 1 is 0.411 bits per heavy atom. The Bertz CT molecular complexity index is 2020. The van der Waals surface area contributed by atoms with Crippen LogP contribution in [0.4, 0.5) is 0 Å². The highest BCUT2D eigenvalue weighted by molar-refractivity contribution is 5.76. The first-order valence-electron chi connectivity index (χ1n) is 35.4. The van der Waals surface area contributed by atoms with Gasteiger partial charge in [0.15, 0.2) is 12.6 Å². The molecule has 0 radical (unpaired) electrons. The maximum atomic E-state index is 13.3. The van der Waals surface area contributed by atoms with Gasteiger partial charge >= 0.3 is 0 Å². The van der Waals surface area contributed by atoms with E-state index in [0.717, 1.165) is 103 Å². The number of hydrogen-bond donors (Lipinski definition) is 9. The Labute approximate surface area is 545 Å². The van der Waals surface area contributed by atoms with Crippen LogP contribution in [-0.2, 0) is 23.7 Å². The van der Waals surface area contributed by atoms with Crippen molar-refractivity contribution in [2.75, 3.05) is 19.8 Å². The van der Waals surface area contributed by atoms with E-state index < -0.39 is 86.8 Å². The quantitative estimate of drug-likeness (QED) is 0.0204. The summed E-state index contributed by atoms with van der Waals surface area (Å²) in [5.74, 6) is -0.263. The minimum atomic E-state index is -1.80. The Kier molecular flexibility index (Phi) is 53.8. The van der Waals surface area contributed by atoms with Crippen molar-refractivity contribution < 1.29 is 64.6 Å². The number of aliphatic hydroxyl groups excluding tert-OH is 8. The molecule has 2 rings (SSSR count). The fraction of sp³-hybridized carbons (Fsp3) is 0.697. The maximum Gasteiger partial charge on any atom is 0.220 e. The van der Waals surface area contributed by atoms with E-state index in [1.54, 1.807) is 6.08 Å². The Morgan fingerprint density at radius 3 is 1.22 bits per heavy atom. The summed E-state index contributed by atoms with van der Waals surface area (Å²) in [5.41, 5.74) is 0. The van der Waals surface area contributed by atoms with Gasteiger partial charge < -0.3 is 65.1 Å². The highest BCUT2D eigenvalue weighted by Crippen LogP contribution is 2.30.